The molecule has 2 rings (SSSR count). The summed E-state index contributed by atoms with van der Waals surface area (Å²) >= 11 is 0. The monoisotopic (exact) mass is 325 g/mol. The molecule has 2 atom stereocenters. The first-order valence-corrected chi connectivity index (χ1v) is 9.02. The van der Waals surface area contributed by atoms with Crippen LogP contribution >= 0.6 is 0 Å². The minimum absolute atomic E-state index is 0.0948. The fourth-order valence-corrected chi connectivity index (χ4v) is 3.50. The number of piperidine rings is 1. The Hall–Kier alpha value is -1.44. The Labute approximate surface area is 131 Å². The molecule has 0 saturated carbocycles. The summed E-state index contributed by atoms with van der Waals surface area (Å²) < 4.78 is 26.5. The van der Waals surface area contributed by atoms with Gasteiger partial charge >= 0.3 is 0 Å². The van der Waals surface area contributed by atoms with Crippen LogP contribution in [0, 0.1) is 5.92 Å². The molecule has 1 fully saturated rings. The maximum absolute atomic E-state index is 12.0. The van der Waals surface area contributed by atoms with E-state index in [-0.39, 0.29) is 29.8 Å². The van der Waals surface area contributed by atoms with Crippen molar-refractivity contribution in [3.05, 3.63) is 30.3 Å². The van der Waals surface area contributed by atoms with E-state index in [1.54, 1.807) is 18.2 Å². The van der Waals surface area contributed by atoms with Gasteiger partial charge in [0.05, 0.1) is 4.90 Å². The molecule has 0 radical (unpaired) electrons. The summed E-state index contributed by atoms with van der Waals surface area (Å²) in [7, 11) is -3.54. The van der Waals surface area contributed by atoms with Gasteiger partial charge in [0, 0.05) is 25.6 Å². The largest absolute Gasteiger partial charge is 0.352 e. The van der Waals surface area contributed by atoms with E-state index >= 15 is 0 Å². The fourth-order valence-electron chi connectivity index (χ4n) is 2.44. The van der Waals surface area contributed by atoms with Crippen LogP contribution < -0.4 is 15.4 Å². The lowest BCUT2D eigenvalue weighted by molar-refractivity contribution is -0.122. The quantitative estimate of drug-likeness (QED) is 0.709. The van der Waals surface area contributed by atoms with Gasteiger partial charge in [-0.2, -0.15) is 0 Å². The van der Waals surface area contributed by atoms with E-state index in [0.717, 1.165) is 19.5 Å². The minimum atomic E-state index is -3.54. The number of hydrogen-bond donors (Lipinski definition) is 3. The first-order valence-electron chi connectivity index (χ1n) is 7.54. The minimum Gasteiger partial charge on any atom is -0.352 e. The Morgan fingerprint density at radius 2 is 2.05 bits per heavy atom. The SMILES string of the molecule is CC1CCNCC1NC(=O)CCNS(=O)(=O)c1ccccc1. The number of sulfonamides is 1. The summed E-state index contributed by atoms with van der Waals surface area (Å²) in [4.78, 5) is 12.1. The third kappa shape index (κ3) is 4.79. The Bertz CT molecular complexity index is 589. The zero-order valence-electron chi connectivity index (χ0n) is 12.7. The summed E-state index contributed by atoms with van der Waals surface area (Å²) in [5.74, 6) is 0.308. The van der Waals surface area contributed by atoms with Crippen LogP contribution in [-0.2, 0) is 14.8 Å². The van der Waals surface area contributed by atoms with Gasteiger partial charge in [-0.1, -0.05) is 25.1 Å². The van der Waals surface area contributed by atoms with Gasteiger partial charge < -0.3 is 10.6 Å². The summed E-state index contributed by atoms with van der Waals surface area (Å²) in [5, 5.41) is 6.20. The van der Waals surface area contributed by atoms with Crippen molar-refractivity contribution in [2.45, 2.75) is 30.7 Å². The third-order valence-electron chi connectivity index (χ3n) is 3.87. The highest BCUT2D eigenvalue weighted by molar-refractivity contribution is 7.89. The second-order valence-electron chi connectivity index (χ2n) is 5.60. The van der Waals surface area contributed by atoms with Crippen LogP contribution in [0.25, 0.3) is 0 Å². The van der Waals surface area contributed by atoms with Gasteiger partial charge in [-0.25, -0.2) is 13.1 Å². The number of amides is 1. The highest BCUT2D eigenvalue weighted by Gasteiger charge is 2.22. The number of carbonyl (C=O) groups is 1. The van der Waals surface area contributed by atoms with Gasteiger partial charge in [-0.3, -0.25) is 4.79 Å². The predicted molar refractivity (Wildman–Crippen MR) is 84.8 cm³/mol. The predicted octanol–water partition coefficient (Wildman–Crippen LogP) is 0.469. The number of rotatable bonds is 6. The number of carbonyl (C=O) groups excluding carboxylic acids is 1. The molecule has 6 nitrogen and oxygen atoms in total. The van der Waals surface area contributed by atoms with Gasteiger partial charge in [0.1, 0.15) is 0 Å². The average Bonchev–Trinajstić information content (AvgIpc) is 2.50. The molecule has 1 aliphatic heterocycles. The van der Waals surface area contributed by atoms with Crippen LogP contribution in [0.2, 0.25) is 0 Å². The molecule has 22 heavy (non-hydrogen) atoms. The van der Waals surface area contributed by atoms with Crippen molar-refractivity contribution < 1.29 is 13.2 Å². The van der Waals surface area contributed by atoms with Gasteiger partial charge in [0.2, 0.25) is 15.9 Å². The van der Waals surface area contributed by atoms with Gasteiger partial charge in [0.25, 0.3) is 0 Å². The molecule has 0 aromatic heterocycles. The summed E-state index contributed by atoms with van der Waals surface area (Å²) in [6.45, 7) is 3.95. The van der Waals surface area contributed by atoms with Gasteiger partial charge in [-0.05, 0) is 31.0 Å². The van der Waals surface area contributed by atoms with Gasteiger partial charge in [-0.15, -0.1) is 0 Å². The van der Waals surface area contributed by atoms with E-state index in [0.29, 0.717) is 5.92 Å². The molecule has 0 aliphatic carbocycles. The zero-order chi connectivity index (χ0) is 16.0. The molecule has 0 bridgehead atoms. The van der Waals surface area contributed by atoms with E-state index in [2.05, 4.69) is 22.3 Å². The topological polar surface area (TPSA) is 87.3 Å². The molecule has 1 aromatic carbocycles. The standard InChI is InChI=1S/C15H23N3O3S/c1-12-7-9-16-11-14(12)18-15(19)8-10-17-22(20,21)13-5-3-2-4-6-13/h2-6,12,14,16-17H,7-11H2,1H3,(H,18,19). The smallest absolute Gasteiger partial charge is 0.240 e. The number of benzene rings is 1. The Morgan fingerprint density at radius 1 is 1.32 bits per heavy atom. The molecule has 122 valence electrons. The van der Waals surface area contributed by atoms with Crippen molar-refractivity contribution in [1.29, 1.82) is 0 Å². The van der Waals surface area contributed by atoms with Crippen LogP contribution in [0.3, 0.4) is 0 Å². The average molecular weight is 325 g/mol. The van der Waals surface area contributed by atoms with Crippen molar-refractivity contribution in [2.75, 3.05) is 19.6 Å². The second-order valence-corrected chi connectivity index (χ2v) is 7.37. The maximum atomic E-state index is 12.0. The maximum Gasteiger partial charge on any atom is 0.240 e. The molecule has 1 amide bonds. The molecule has 1 aromatic rings. The Balaban J connectivity index is 1.77. The zero-order valence-corrected chi connectivity index (χ0v) is 13.5. The molecule has 1 aliphatic rings. The van der Waals surface area contributed by atoms with E-state index in [1.807, 2.05) is 0 Å². The first-order chi connectivity index (χ1) is 10.5. The Kier molecular flexibility index (Phi) is 5.93. The van der Waals surface area contributed by atoms with Crippen molar-refractivity contribution in [1.82, 2.24) is 15.4 Å². The van der Waals surface area contributed by atoms with E-state index in [1.165, 1.54) is 12.1 Å². The van der Waals surface area contributed by atoms with Crippen LogP contribution in [0.5, 0.6) is 0 Å². The molecule has 2 unspecified atom stereocenters. The molecule has 1 saturated heterocycles. The summed E-state index contributed by atoms with van der Waals surface area (Å²) in [6, 6.07) is 8.26. The van der Waals surface area contributed by atoms with Crippen LogP contribution in [0.1, 0.15) is 19.8 Å². The van der Waals surface area contributed by atoms with Crippen molar-refractivity contribution in [3.63, 3.8) is 0 Å². The second kappa shape index (κ2) is 7.71. The highest BCUT2D eigenvalue weighted by Crippen LogP contribution is 2.11. The van der Waals surface area contributed by atoms with Gasteiger partial charge in [0.15, 0.2) is 0 Å². The van der Waals surface area contributed by atoms with Crippen LogP contribution in [-0.4, -0.2) is 40.0 Å². The summed E-state index contributed by atoms with van der Waals surface area (Å²) in [5.41, 5.74) is 0. The summed E-state index contributed by atoms with van der Waals surface area (Å²) in [6.07, 6.45) is 1.17. The van der Waals surface area contributed by atoms with Crippen LogP contribution in [0.15, 0.2) is 35.2 Å². The number of hydrogen-bond acceptors (Lipinski definition) is 4. The van der Waals surface area contributed by atoms with Crippen molar-refractivity contribution in [3.8, 4) is 0 Å². The van der Waals surface area contributed by atoms with E-state index in [4.69, 9.17) is 0 Å². The molecule has 3 N–H and O–H groups in total. The lowest BCUT2D eigenvalue weighted by atomic mass is 9.95. The van der Waals surface area contributed by atoms with Crippen molar-refractivity contribution in [2.24, 2.45) is 5.92 Å². The first kappa shape index (κ1) is 16.9. The molecule has 7 heteroatoms. The van der Waals surface area contributed by atoms with E-state index < -0.39 is 10.0 Å². The normalized spacial score (nSPS) is 22.2. The van der Waals surface area contributed by atoms with Crippen LogP contribution in [0.4, 0.5) is 0 Å². The molecular weight excluding hydrogens is 302 g/mol. The lowest BCUT2D eigenvalue weighted by Gasteiger charge is -2.30. The Morgan fingerprint density at radius 3 is 2.73 bits per heavy atom. The molecule has 1 heterocycles. The lowest BCUT2D eigenvalue weighted by Crippen LogP contribution is -2.50. The highest BCUT2D eigenvalue weighted by atomic mass is 32.2. The molecular formula is C15H23N3O3S. The number of nitrogens with one attached hydrogen (secondary N) is 3. The fraction of sp³-hybridized carbons (Fsp3) is 0.533. The molecule has 0 spiro atoms. The third-order valence-corrected chi connectivity index (χ3v) is 5.35. The van der Waals surface area contributed by atoms with E-state index in [9.17, 15) is 13.2 Å². The van der Waals surface area contributed by atoms with Crippen molar-refractivity contribution >= 4 is 15.9 Å².